The minimum Gasteiger partial charge on any atom is -0.490 e. The molecule has 3 atom stereocenters. The van der Waals surface area contributed by atoms with Gasteiger partial charge in [-0.05, 0) is 112 Å². The van der Waals surface area contributed by atoms with E-state index < -0.39 is 50.9 Å². The maximum absolute atomic E-state index is 15.0. The molecule has 1 unspecified atom stereocenters. The smallest absolute Gasteiger partial charge is 0.337 e. The van der Waals surface area contributed by atoms with E-state index in [4.69, 9.17) is 19.9 Å². The quantitative estimate of drug-likeness (QED) is 0.141. The van der Waals surface area contributed by atoms with Crippen molar-refractivity contribution in [3.05, 3.63) is 83.6 Å². The number of carbonyl (C=O) groups excluding carboxylic acids is 2. The Morgan fingerprint density at radius 2 is 1.77 bits per heavy atom. The molecule has 4 N–H and O–H groups in total. The lowest BCUT2D eigenvalue weighted by atomic mass is 9.92. The van der Waals surface area contributed by atoms with Crippen LogP contribution < -0.4 is 20.5 Å². The van der Waals surface area contributed by atoms with Gasteiger partial charge >= 0.3 is 11.9 Å². The number of benzene rings is 3. The fourth-order valence-corrected chi connectivity index (χ4v) is 7.73. The molecule has 4 aromatic rings. The Morgan fingerprint density at radius 3 is 2.42 bits per heavy atom. The number of nitrogens with one attached hydrogen (secondary N) is 1. The second-order valence-electron chi connectivity index (χ2n) is 13.1. The van der Waals surface area contributed by atoms with Crippen molar-refractivity contribution < 1.29 is 42.1 Å². The van der Waals surface area contributed by atoms with Crippen LogP contribution in [0.15, 0.2) is 71.8 Å². The molecular formula is C38H44N4O9S. The number of likely N-dealkylation sites (tertiary alicyclic amines) is 1. The Bertz CT molecular complexity index is 2100. The fourth-order valence-electron chi connectivity index (χ4n) is 6.46. The topological polar surface area (TPSA) is 187 Å². The third-order valence-corrected chi connectivity index (χ3v) is 11.2. The summed E-state index contributed by atoms with van der Waals surface area (Å²) in [6.07, 6.45) is 1.46. The number of methoxy groups -OCH3 is 1. The summed E-state index contributed by atoms with van der Waals surface area (Å²) in [4.78, 5) is 45.9. The van der Waals surface area contributed by atoms with E-state index in [1.54, 1.807) is 42.6 Å². The Labute approximate surface area is 303 Å². The van der Waals surface area contributed by atoms with E-state index in [1.807, 2.05) is 26.8 Å². The molecule has 1 aliphatic rings. The van der Waals surface area contributed by atoms with Crippen LogP contribution in [0.5, 0.6) is 11.5 Å². The maximum atomic E-state index is 15.0. The average Bonchev–Trinajstić information content (AvgIpc) is 3.56. The number of aliphatic carboxylic acids is 1. The number of nitrogens with two attached hydrogens (primary N) is 1. The fraction of sp³-hybridized carbons (Fsp3) is 0.368. The minimum atomic E-state index is -4.01. The highest BCUT2D eigenvalue weighted by molar-refractivity contribution is 7.92. The summed E-state index contributed by atoms with van der Waals surface area (Å²) in [6, 6.07) is 13.9. The molecule has 13 nitrogen and oxygen atoms in total. The Kier molecular flexibility index (Phi) is 11.3. The van der Waals surface area contributed by atoms with Crippen molar-refractivity contribution in [1.29, 1.82) is 0 Å². The van der Waals surface area contributed by atoms with Gasteiger partial charge in [0, 0.05) is 23.8 Å². The molecule has 1 aliphatic heterocycles. The van der Waals surface area contributed by atoms with Crippen molar-refractivity contribution in [2.24, 2.45) is 5.92 Å². The molecule has 2 heterocycles. The highest BCUT2D eigenvalue weighted by atomic mass is 32.2. The minimum absolute atomic E-state index is 0.00491. The zero-order valence-corrected chi connectivity index (χ0v) is 30.8. The number of hydrogen-bond donors (Lipinski definition) is 3. The van der Waals surface area contributed by atoms with Crippen LogP contribution in [-0.4, -0.2) is 72.9 Å². The number of amides is 1. The number of rotatable bonds is 13. The summed E-state index contributed by atoms with van der Waals surface area (Å²) < 4.78 is 44.3. The normalized spacial score (nSPS) is 16.6. The van der Waals surface area contributed by atoms with Crippen molar-refractivity contribution in [3.8, 4) is 11.5 Å². The van der Waals surface area contributed by atoms with Gasteiger partial charge in [-0.2, -0.15) is 0 Å². The van der Waals surface area contributed by atoms with Gasteiger partial charge in [0.15, 0.2) is 21.3 Å². The molecule has 1 aromatic heterocycles. The number of ether oxygens (including phenoxy) is 3. The highest BCUT2D eigenvalue weighted by Crippen LogP contribution is 2.44. The number of sulfone groups is 1. The number of anilines is 2. The van der Waals surface area contributed by atoms with E-state index >= 15 is 4.79 Å². The zero-order valence-electron chi connectivity index (χ0n) is 30.0. The molecule has 276 valence electrons. The molecule has 14 heteroatoms. The SMILES string of the molecule is CCOc1cc(C(Nc2ccc3c(N)nccc3c2)C(=O)N2CC[C@H](C(=O)O)[C@H]2c2cc(C(=O)OC)ccc2S(=O)(=O)C(C)C)ccc1OC(C)C. The molecule has 0 radical (unpaired) electrons. The monoisotopic (exact) mass is 732 g/mol. The van der Waals surface area contributed by atoms with E-state index in [0.29, 0.717) is 35.2 Å². The molecule has 1 amide bonds. The van der Waals surface area contributed by atoms with Gasteiger partial charge in [0.1, 0.15) is 11.9 Å². The first kappa shape index (κ1) is 37.9. The average molecular weight is 733 g/mol. The summed E-state index contributed by atoms with van der Waals surface area (Å²) in [5.74, 6) is -2.43. The van der Waals surface area contributed by atoms with Crippen molar-refractivity contribution in [1.82, 2.24) is 9.88 Å². The van der Waals surface area contributed by atoms with Gasteiger partial charge in [0.2, 0.25) is 5.91 Å². The summed E-state index contributed by atoms with van der Waals surface area (Å²) >= 11 is 0. The number of pyridine rings is 1. The van der Waals surface area contributed by atoms with Crippen LogP contribution >= 0.6 is 0 Å². The van der Waals surface area contributed by atoms with E-state index in [-0.39, 0.29) is 35.1 Å². The summed E-state index contributed by atoms with van der Waals surface area (Å²) in [5, 5.41) is 14.4. The number of hydrogen-bond acceptors (Lipinski definition) is 11. The van der Waals surface area contributed by atoms with Crippen LogP contribution in [0.25, 0.3) is 10.8 Å². The Hall–Kier alpha value is -5.37. The summed E-state index contributed by atoms with van der Waals surface area (Å²) in [7, 11) is -2.82. The Morgan fingerprint density at radius 1 is 1.02 bits per heavy atom. The van der Waals surface area contributed by atoms with Crippen molar-refractivity contribution in [2.45, 2.75) is 69.4 Å². The molecular weight excluding hydrogens is 689 g/mol. The first-order valence-electron chi connectivity index (χ1n) is 17.0. The first-order chi connectivity index (χ1) is 24.7. The van der Waals surface area contributed by atoms with E-state index in [2.05, 4.69) is 10.3 Å². The molecule has 5 rings (SSSR count). The first-order valence-corrected chi connectivity index (χ1v) is 18.6. The van der Waals surface area contributed by atoms with Crippen LogP contribution in [0, 0.1) is 5.92 Å². The lowest BCUT2D eigenvalue weighted by Gasteiger charge is -2.33. The van der Waals surface area contributed by atoms with Crippen molar-refractivity contribution in [2.75, 3.05) is 31.3 Å². The number of nitrogens with zero attached hydrogens (tertiary/aromatic N) is 2. The number of carboxylic acids is 1. The second-order valence-corrected chi connectivity index (χ2v) is 15.5. The third-order valence-electron chi connectivity index (χ3n) is 8.99. The van der Waals surface area contributed by atoms with Crippen LogP contribution in [0.4, 0.5) is 11.5 Å². The van der Waals surface area contributed by atoms with Gasteiger partial charge in [-0.3, -0.25) is 9.59 Å². The molecule has 0 aliphatic carbocycles. The lowest BCUT2D eigenvalue weighted by Crippen LogP contribution is -2.40. The third kappa shape index (κ3) is 7.61. The number of nitrogen functional groups attached to an aromatic ring is 1. The Balaban J connectivity index is 1.69. The number of carbonyl (C=O) groups is 3. The molecule has 1 fully saturated rings. The lowest BCUT2D eigenvalue weighted by molar-refractivity contribution is -0.143. The van der Waals surface area contributed by atoms with Crippen LogP contribution in [0.2, 0.25) is 0 Å². The van der Waals surface area contributed by atoms with Crippen molar-refractivity contribution >= 4 is 50.0 Å². The highest BCUT2D eigenvalue weighted by Gasteiger charge is 2.46. The van der Waals surface area contributed by atoms with Gasteiger partial charge in [0.05, 0.1) is 47.5 Å². The molecule has 1 saturated heterocycles. The molecule has 0 saturated carbocycles. The number of carboxylic acid groups (broad SMARTS) is 1. The van der Waals surface area contributed by atoms with Crippen molar-refractivity contribution in [3.63, 3.8) is 0 Å². The van der Waals surface area contributed by atoms with Gasteiger partial charge in [-0.1, -0.05) is 6.07 Å². The molecule has 52 heavy (non-hydrogen) atoms. The summed E-state index contributed by atoms with van der Waals surface area (Å²) in [5.41, 5.74) is 7.17. The van der Waals surface area contributed by atoms with Crippen LogP contribution in [-0.2, 0) is 24.2 Å². The predicted molar refractivity (Wildman–Crippen MR) is 196 cm³/mol. The number of aromatic nitrogens is 1. The maximum Gasteiger partial charge on any atom is 0.337 e. The van der Waals surface area contributed by atoms with E-state index in [1.165, 1.54) is 44.1 Å². The largest absolute Gasteiger partial charge is 0.490 e. The molecule has 0 bridgehead atoms. The van der Waals surface area contributed by atoms with Gasteiger partial charge in [-0.15, -0.1) is 0 Å². The van der Waals surface area contributed by atoms with E-state index in [0.717, 1.165) is 10.8 Å². The van der Waals surface area contributed by atoms with Gasteiger partial charge in [0.25, 0.3) is 0 Å². The number of fused-ring (bicyclic) bond motifs is 1. The second kappa shape index (κ2) is 15.5. The van der Waals surface area contributed by atoms with E-state index in [9.17, 15) is 23.1 Å². The van der Waals surface area contributed by atoms with Crippen LogP contribution in [0.3, 0.4) is 0 Å². The molecule has 0 spiro atoms. The standard InChI is InChI=1S/C38H44N4O9S/c1-7-50-31-20-24(8-12-30(31)51-21(2)3)33(41-26-10-11-27-23(18-26)14-16-40-35(27)39)36(43)42-17-15-28(37(44)45)34(42)29-19-25(38(46)49-6)9-13-32(29)52(47,48)22(4)5/h8-14,16,18-22,28,33-34,41H,7,15,17H2,1-6H3,(H2,39,40)(H,44,45)/t28-,33?,34-/m0/s1. The number of esters is 1. The van der Waals surface area contributed by atoms with Gasteiger partial charge < -0.3 is 35.3 Å². The zero-order chi connectivity index (χ0) is 37.9. The summed E-state index contributed by atoms with van der Waals surface area (Å²) in [6.45, 7) is 8.93. The molecule has 3 aromatic carbocycles. The predicted octanol–water partition coefficient (Wildman–Crippen LogP) is 5.80. The van der Waals surface area contributed by atoms with Gasteiger partial charge in [-0.25, -0.2) is 18.2 Å². The van der Waals surface area contributed by atoms with Crippen LogP contribution in [0.1, 0.15) is 74.6 Å².